The molecule has 0 saturated carbocycles. The van der Waals surface area contributed by atoms with Crippen LogP contribution in [0.15, 0.2) is 107 Å². The fourth-order valence-corrected chi connectivity index (χ4v) is 9.59. The summed E-state index contributed by atoms with van der Waals surface area (Å²) in [5, 5.41) is 8.02. The number of carbonyl (C=O) groups is 1. The number of hydrogen-bond acceptors (Lipinski definition) is 10. The van der Waals surface area contributed by atoms with Gasteiger partial charge in [0.1, 0.15) is 17.2 Å². The second-order valence-electron chi connectivity index (χ2n) is 15.8. The number of rotatable bonds is 12. The molecule has 0 atom stereocenters. The SMILES string of the molecule is CN1CCC(Nc2ccc(S(=O)(=O)NC(=O)c3ccc(N4CCN(CC5=C(c6ccc(Cl)cc6)CCCCC5)CC4)cc3Oc3cccc4[nH]ccc34)cc2N=O)CC1. The molecule has 12 nitrogen and oxygen atoms in total. The van der Waals surface area contributed by atoms with Gasteiger partial charge in [0.25, 0.3) is 15.9 Å². The third-order valence-corrected chi connectivity index (χ3v) is 13.4. The minimum atomic E-state index is -4.41. The number of fused-ring (bicyclic) bond motifs is 1. The number of halogens is 1. The van der Waals surface area contributed by atoms with Gasteiger partial charge in [0, 0.05) is 72.6 Å². The van der Waals surface area contributed by atoms with Crippen molar-refractivity contribution in [2.75, 3.05) is 63.1 Å². The highest BCUT2D eigenvalue weighted by molar-refractivity contribution is 7.90. The van der Waals surface area contributed by atoms with Gasteiger partial charge in [-0.25, -0.2) is 13.1 Å². The van der Waals surface area contributed by atoms with Crippen molar-refractivity contribution in [3.05, 3.63) is 118 Å². The quantitative estimate of drug-likeness (QED) is 0.105. The number of ether oxygens (including phenoxy) is 1. The number of piperazine rings is 1. The number of likely N-dealkylation sites (tertiary alicyclic amines) is 1. The summed E-state index contributed by atoms with van der Waals surface area (Å²) in [7, 11) is -2.34. The van der Waals surface area contributed by atoms with E-state index in [1.165, 1.54) is 54.2 Å². The van der Waals surface area contributed by atoms with Crippen LogP contribution in [0.25, 0.3) is 16.5 Å². The number of allylic oxidation sites excluding steroid dienone is 1. The summed E-state index contributed by atoms with van der Waals surface area (Å²) in [5.41, 5.74) is 6.42. The maximum atomic E-state index is 13.9. The summed E-state index contributed by atoms with van der Waals surface area (Å²) in [4.78, 5) is 35.8. The van der Waals surface area contributed by atoms with Gasteiger partial charge in [-0.1, -0.05) is 41.8 Å². The molecule has 2 aliphatic heterocycles. The molecular weight excluding hydrogens is 786 g/mol. The minimum absolute atomic E-state index is 0.0414. The second-order valence-corrected chi connectivity index (χ2v) is 17.9. The lowest BCUT2D eigenvalue weighted by molar-refractivity contribution is 0.0979. The number of nitroso groups, excluding NO2 is 1. The number of sulfonamides is 1. The molecule has 59 heavy (non-hydrogen) atoms. The number of H-pyrrole nitrogens is 1. The first-order valence-corrected chi connectivity index (χ1v) is 22.3. The summed E-state index contributed by atoms with van der Waals surface area (Å²) in [5.74, 6) is -0.124. The number of piperidine rings is 1. The Morgan fingerprint density at radius 1 is 0.881 bits per heavy atom. The molecule has 1 aromatic heterocycles. The lowest BCUT2D eigenvalue weighted by Crippen LogP contribution is -2.47. The van der Waals surface area contributed by atoms with Crippen molar-refractivity contribution in [2.45, 2.75) is 55.9 Å². The molecule has 8 rings (SSSR count). The molecule has 4 aromatic carbocycles. The van der Waals surface area contributed by atoms with Crippen molar-refractivity contribution in [1.29, 1.82) is 0 Å². The molecule has 3 N–H and O–H groups in total. The predicted octanol–water partition coefficient (Wildman–Crippen LogP) is 9.18. The molecule has 5 aromatic rings. The largest absolute Gasteiger partial charge is 0.456 e. The van der Waals surface area contributed by atoms with Gasteiger partial charge in [-0.15, -0.1) is 4.91 Å². The Hall–Kier alpha value is -5.21. The van der Waals surface area contributed by atoms with Crippen LogP contribution in [0.4, 0.5) is 17.1 Å². The van der Waals surface area contributed by atoms with E-state index in [9.17, 15) is 18.1 Å². The number of aromatic nitrogens is 1. The van der Waals surface area contributed by atoms with Crippen LogP contribution >= 0.6 is 11.6 Å². The Morgan fingerprint density at radius 2 is 1.66 bits per heavy atom. The normalized spacial score (nSPS) is 17.5. The van der Waals surface area contributed by atoms with Gasteiger partial charge >= 0.3 is 0 Å². The summed E-state index contributed by atoms with van der Waals surface area (Å²) < 4.78 is 36.1. The van der Waals surface area contributed by atoms with Crippen molar-refractivity contribution >= 4 is 61.1 Å². The highest BCUT2D eigenvalue weighted by Gasteiger charge is 2.27. The maximum Gasteiger partial charge on any atom is 0.268 e. The summed E-state index contributed by atoms with van der Waals surface area (Å²) in [6.45, 7) is 6.01. The number of amides is 1. The molecule has 0 radical (unpaired) electrons. The first-order valence-electron chi connectivity index (χ1n) is 20.5. The topological polar surface area (TPSA) is 139 Å². The van der Waals surface area contributed by atoms with Crippen molar-refractivity contribution < 1.29 is 17.9 Å². The molecule has 0 bridgehead atoms. The van der Waals surface area contributed by atoms with E-state index in [1.54, 1.807) is 6.07 Å². The van der Waals surface area contributed by atoms with Gasteiger partial charge in [-0.3, -0.25) is 9.69 Å². The average Bonchev–Trinajstić information content (AvgIpc) is 3.62. The molecule has 1 aliphatic carbocycles. The number of carbonyl (C=O) groups excluding carboxylic acids is 1. The van der Waals surface area contributed by atoms with Crippen molar-refractivity contribution in [2.24, 2.45) is 5.18 Å². The Balaban J connectivity index is 1.01. The number of benzene rings is 4. The number of anilines is 2. The van der Waals surface area contributed by atoms with E-state index in [-0.39, 0.29) is 27.9 Å². The Kier molecular flexibility index (Phi) is 12.3. The lowest BCUT2D eigenvalue weighted by Gasteiger charge is -2.37. The third-order valence-electron chi connectivity index (χ3n) is 11.8. The Labute approximate surface area is 350 Å². The van der Waals surface area contributed by atoms with E-state index in [0.717, 1.165) is 93.1 Å². The summed E-state index contributed by atoms with van der Waals surface area (Å²) >= 11 is 6.22. The summed E-state index contributed by atoms with van der Waals surface area (Å²) in [6.07, 6.45) is 9.39. The van der Waals surface area contributed by atoms with E-state index in [4.69, 9.17) is 16.3 Å². The van der Waals surface area contributed by atoms with Crippen molar-refractivity contribution in [3.8, 4) is 11.5 Å². The zero-order chi connectivity index (χ0) is 40.9. The van der Waals surface area contributed by atoms with Crippen LogP contribution in [0.1, 0.15) is 60.9 Å². The van der Waals surface area contributed by atoms with Gasteiger partial charge in [-0.05, 0) is 136 Å². The van der Waals surface area contributed by atoms with Crippen LogP contribution in [0.5, 0.6) is 11.5 Å². The monoisotopic (exact) mass is 835 g/mol. The van der Waals surface area contributed by atoms with E-state index in [0.29, 0.717) is 11.4 Å². The van der Waals surface area contributed by atoms with Crippen LogP contribution in [0.3, 0.4) is 0 Å². The molecule has 2 fully saturated rings. The molecule has 0 spiro atoms. The Bertz CT molecular complexity index is 2450. The molecule has 3 aliphatic rings. The molecule has 14 heteroatoms. The zero-order valence-electron chi connectivity index (χ0n) is 33.3. The number of hydrogen-bond donors (Lipinski definition) is 3. The molecule has 308 valence electrons. The zero-order valence-corrected chi connectivity index (χ0v) is 34.8. The highest BCUT2D eigenvalue weighted by Crippen LogP contribution is 2.36. The number of aromatic amines is 1. The molecular formula is C45H50ClN7O5S. The van der Waals surface area contributed by atoms with E-state index >= 15 is 0 Å². The van der Waals surface area contributed by atoms with Crippen LogP contribution in [0.2, 0.25) is 5.02 Å². The number of nitrogens with one attached hydrogen (secondary N) is 3. The molecule has 1 amide bonds. The first kappa shape index (κ1) is 40.6. The summed E-state index contributed by atoms with van der Waals surface area (Å²) in [6, 6.07) is 25.2. The van der Waals surface area contributed by atoms with Gasteiger partial charge in [0.15, 0.2) is 0 Å². The third kappa shape index (κ3) is 9.49. The second kappa shape index (κ2) is 18.0. The lowest BCUT2D eigenvalue weighted by atomic mass is 9.95. The van der Waals surface area contributed by atoms with E-state index < -0.39 is 15.9 Å². The standard InChI is InChI=1S/C45H50ClN7O5S/c1-51-22-19-34(20-23-51)48-41-17-15-36(29-42(41)49-55)59(56,57)50-45(54)39-16-14-35(28-44(39)58-43-9-5-8-40-38(43)18-21-47-40)53-26-24-52(25-27-53)30-32-6-3-2-4-7-37(32)31-10-12-33(46)13-11-31/h5,8-18,21,28-29,34,47-48H,2-4,6-7,19-20,22-27,30H2,1H3,(H,50,54). The van der Waals surface area contributed by atoms with Gasteiger partial charge in [0.05, 0.1) is 16.1 Å². The molecule has 2 saturated heterocycles. The van der Waals surface area contributed by atoms with Gasteiger partial charge in [0.2, 0.25) is 0 Å². The van der Waals surface area contributed by atoms with E-state index in [2.05, 4.69) is 54.1 Å². The molecule has 0 unspecified atom stereocenters. The van der Waals surface area contributed by atoms with Crippen LogP contribution < -0.4 is 19.7 Å². The van der Waals surface area contributed by atoms with E-state index in [1.807, 2.05) is 54.7 Å². The van der Waals surface area contributed by atoms with Crippen LogP contribution in [-0.2, 0) is 10.0 Å². The molecule has 3 heterocycles. The minimum Gasteiger partial charge on any atom is -0.456 e. The predicted molar refractivity (Wildman–Crippen MR) is 236 cm³/mol. The Morgan fingerprint density at radius 3 is 2.44 bits per heavy atom. The van der Waals surface area contributed by atoms with Crippen LogP contribution in [-0.4, -0.2) is 88.0 Å². The van der Waals surface area contributed by atoms with Gasteiger partial charge in [-0.2, -0.15) is 0 Å². The highest BCUT2D eigenvalue weighted by atomic mass is 35.5. The van der Waals surface area contributed by atoms with Crippen molar-refractivity contribution in [3.63, 3.8) is 0 Å². The van der Waals surface area contributed by atoms with Gasteiger partial charge < -0.3 is 24.8 Å². The first-order chi connectivity index (χ1) is 28.6. The fourth-order valence-electron chi connectivity index (χ4n) is 8.48. The maximum absolute atomic E-state index is 13.9. The smallest absolute Gasteiger partial charge is 0.268 e. The van der Waals surface area contributed by atoms with Crippen LogP contribution in [0, 0.1) is 4.91 Å². The fraction of sp³-hybridized carbons (Fsp3) is 0.356. The van der Waals surface area contributed by atoms with Crippen molar-refractivity contribution in [1.82, 2.24) is 19.5 Å². The average molecular weight is 836 g/mol. The number of nitrogens with zero attached hydrogens (tertiary/aromatic N) is 4.